The number of aromatic nitrogens is 6. The lowest BCUT2D eigenvalue weighted by Gasteiger charge is -2.12. The summed E-state index contributed by atoms with van der Waals surface area (Å²) in [4.78, 5) is 13.2. The SMILES string of the molecule is CCOCCCn1c(=O)c2ccccc2n2c(SC(C)c3nnc(-c4ccccc4)o3)nnc12. The molecule has 0 saturated heterocycles. The van der Waals surface area contributed by atoms with Gasteiger partial charge in [-0.1, -0.05) is 42.1 Å². The van der Waals surface area contributed by atoms with Crippen molar-refractivity contribution < 1.29 is 9.15 Å². The summed E-state index contributed by atoms with van der Waals surface area (Å²) < 4.78 is 15.0. The maximum Gasteiger partial charge on any atom is 0.262 e. The normalized spacial score (nSPS) is 12.5. The zero-order valence-electron chi connectivity index (χ0n) is 18.9. The molecule has 0 amide bonds. The lowest BCUT2D eigenvalue weighted by atomic mass is 10.2. The van der Waals surface area contributed by atoms with Crippen LogP contribution in [0.4, 0.5) is 0 Å². The summed E-state index contributed by atoms with van der Waals surface area (Å²) in [5.74, 6) is 1.48. The molecule has 5 aromatic rings. The van der Waals surface area contributed by atoms with Crippen molar-refractivity contribution in [2.24, 2.45) is 0 Å². The Morgan fingerprint density at radius 2 is 1.82 bits per heavy atom. The number of aryl methyl sites for hydroxylation is 1. The Bertz CT molecular complexity index is 1480. The molecule has 34 heavy (non-hydrogen) atoms. The maximum atomic E-state index is 13.2. The molecule has 10 heteroatoms. The number of benzene rings is 2. The highest BCUT2D eigenvalue weighted by Crippen LogP contribution is 2.35. The van der Waals surface area contributed by atoms with Crippen molar-refractivity contribution in [3.05, 3.63) is 70.8 Å². The van der Waals surface area contributed by atoms with E-state index in [1.54, 1.807) is 4.57 Å². The van der Waals surface area contributed by atoms with Crippen molar-refractivity contribution in [2.75, 3.05) is 13.2 Å². The van der Waals surface area contributed by atoms with Crippen LogP contribution in [0.5, 0.6) is 0 Å². The van der Waals surface area contributed by atoms with Crippen LogP contribution < -0.4 is 5.56 Å². The van der Waals surface area contributed by atoms with E-state index in [1.807, 2.05) is 72.8 Å². The quantitative estimate of drug-likeness (QED) is 0.228. The van der Waals surface area contributed by atoms with Crippen LogP contribution >= 0.6 is 11.8 Å². The molecule has 0 aliphatic heterocycles. The van der Waals surface area contributed by atoms with Gasteiger partial charge in [-0.25, -0.2) is 0 Å². The predicted molar refractivity (Wildman–Crippen MR) is 130 cm³/mol. The number of nitrogens with zero attached hydrogens (tertiary/aromatic N) is 6. The van der Waals surface area contributed by atoms with E-state index in [2.05, 4.69) is 20.4 Å². The third-order valence-electron chi connectivity index (χ3n) is 5.44. The molecule has 2 aromatic carbocycles. The Hall–Kier alpha value is -3.50. The zero-order valence-corrected chi connectivity index (χ0v) is 19.7. The zero-order chi connectivity index (χ0) is 23.5. The summed E-state index contributed by atoms with van der Waals surface area (Å²) in [5.41, 5.74) is 1.55. The van der Waals surface area contributed by atoms with E-state index in [9.17, 15) is 4.79 Å². The fraction of sp³-hybridized carbons (Fsp3) is 0.292. The number of thioether (sulfide) groups is 1. The van der Waals surface area contributed by atoms with E-state index in [0.29, 0.717) is 54.3 Å². The summed E-state index contributed by atoms with van der Waals surface area (Å²) >= 11 is 1.46. The molecule has 1 unspecified atom stereocenters. The first-order valence-corrected chi connectivity index (χ1v) is 12.0. The first-order valence-electron chi connectivity index (χ1n) is 11.2. The highest BCUT2D eigenvalue weighted by atomic mass is 32.2. The average molecular weight is 477 g/mol. The minimum absolute atomic E-state index is 0.0824. The van der Waals surface area contributed by atoms with E-state index in [4.69, 9.17) is 9.15 Å². The Labute approximate surface area is 199 Å². The van der Waals surface area contributed by atoms with Crippen LogP contribution in [0.15, 0.2) is 69.0 Å². The van der Waals surface area contributed by atoms with Gasteiger partial charge in [0.05, 0.1) is 16.2 Å². The molecule has 9 nitrogen and oxygen atoms in total. The Balaban J connectivity index is 1.50. The molecule has 0 fully saturated rings. The molecule has 0 bridgehead atoms. The van der Waals surface area contributed by atoms with Crippen LogP contribution in [0.3, 0.4) is 0 Å². The Morgan fingerprint density at radius 3 is 2.65 bits per heavy atom. The van der Waals surface area contributed by atoms with E-state index in [-0.39, 0.29) is 10.8 Å². The van der Waals surface area contributed by atoms with Crippen molar-refractivity contribution in [3.8, 4) is 11.5 Å². The smallest absolute Gasteiger partial charge is 0.262 e. The van der Waals surface area contributed by atoms with E-state index < -0.39 is 0 Å². The van der Waals surface area contributed by atoms with Gasteiger partial charge in [-0.3, -0.25) is 13.8 Å². The largest absolute Gasteiger partial charge is 0.419 e. The third-order valence-corrected chi connectivity index (χ3v) is 6.47. The lowest BCUT2D eigenvalue weighted by Crippen LogP contribution is -2.24. The first-order chi connectivity index (χ1) is 16.7. The highest BCUT2D eigenvalue weighted by molar-refractivity contribution is 7.99. The summed E-state index contributed by atoms with van der Waals surface area (Å²) in [7, 11) is 0. The molecule has 1 atom stereocenters. The van der Waals surface area contributed by atoms with Gasteiger partial charge in [0.15, 0.2) is 5.16 Å². The van der Waals surface area contributed by atoms with Gasteiger partial charge in [-0.15, -0.1) is 20.4 Å². The van der Waals surface area contributed by atoms with Gasteiger partial charge in [0, 0.05) is 25.3 Å². The summed E-state index contributed by atoms with van der Waals surface area (Å²) in [6, 6.07) is 17.2. The van der Waals surface area contributed by atoms with Crippen molar-refractivity contribution in [3.63, 3.8) is 0 Å². The van der Waals surface area contributed by atoms with Gasteiger partial charge in [0.2, 0.25) is 17.6 Å². The number of hydrogen-bond donors (Lipinski definition) is 0. The van der Waals surface area contributed by atoms with Crippen LogP contribution in [-0.2, 0) is 11.3 Å². The van der Waals surface area contributed by atoms with Gasteiger partial charge >= 0.3 is 0 Å². The van der Waals surface area contributed by atoms with E-state index in [0.717, 1.165) is 11.1 Å². The summed E-state index contributed by atoms with van der Waals surface area (Å²) in [6.07, 6.45) is 0.706. The molecular formula is C24H24N6O3S. The molecule has 0 radical (unpaired) electrons. The third kappa shape index (κ3) is 4.22. The van der Waals surface area contributed by atoms with Crippen LogP contribution in [-0.4, -0.2) is 42.6 Å². The Morgan fingerprint density at radius 1 is 1.03 bits per heavy atom. The van der Waals surface area contributed by atoms with Gasteiger partial charge in [0.25, 0.3) is 5.56 Å². The number of rotatable bonds is 9. The maximum absolute atomic E-state index is 13.2. The predicted octanol–water partition coefficient (Wildman–Crippen LogP) is 4.37. The lowest BCUT2D eigenvalue weighted by molar-refractivity contribution is 0.141. The van der Waals surface area contributed by atoms with Gasteiger partial charge < -0.3 is 9.15 Å². The van der Waals surface area contributed by atoms with Crippen LogP contribution in [0.1, 0.15) is 31.4 Å². The second-order valence-corrected chi connectivity index (χ2v) is 9.02. The van der Waals surface area contributed by atoms with Gasteiger partial charge in [-0.05, 0) is 44.5 Å². The molecule has 3 aromatic heterocycles. The number of hydrogen-bond acceptors (Lipinski definition) is 8. The van der Waals surface area contributed by atoms with Crippen molar-refractivity contribution in [2.45, 2.75) is 37.2 Å². The molecule has 0 aliphatic carbocycles. The molecule has 0 aliphatic rings. The molecule has 174 valence electrons. The molecule has 0 saturated carbocycles. The van der Waals surface area contributed by atoms with Crippen LogP contribution in [0, 0.1) is 0 Å². The number of para-hydroxylation sites is 1. The fourth-order valence-corrected chi connectivity index (χ4v) is 4.67. The van der Waals surface area contributed by atoms with E-state index in [1.165, 1.54) is 11.8 Å². The molecule has 0 N–H and O–H groups in total. The first kappa shape index (κ1) is 22.3. The average Bonchev–Trinajstić information content (AvgIpc) is 3.52. The molecule has 5 rings (SSSR count). The monoisotopic (exact) mass is 476 g/mol. The fourth-order valence-electron chi connectivity index (χ4n) is 3.79. The van der Waals surface area contributed by atoms with Crippen LogP contribution in [0.2, 0.25) is 0 Å². The van der Waals surface area contributed by atoms with Crippen molar-refractivity contribution in [1.29, 1.82) is 0 Å². The second kappa shape index (κ2) is 9.78. The number of ether oxygens (including phenoxy) is 1. The topological polar surface area (TPSA) is 100 Å². The molecule has 0 spiro atoms. The Kier molecular flexibility index (Phi) is 6.41. The minimum Gasteiger partial charge on any atom is -0.419 e. The van der Waals surface area contributed by atoms with Crippen LogP contribution in [0.25, 0.3) is 28.1 Å². The van der Waals surface area contributed by atoms with Gasteiger partial charge in [0.1, 0.15) is 0 Å². The second-order valence-electron chi connectivity index (χ2n) is 7.71. The molecular weight excluding hydrogens is 452 g/mol. The highest BCUT2D eigenvalue weighted by Gasteiger charge is 2.22. The van der Waals surface area contributed by atoms with Gasteiger partial charge in [-0.2, -0.15) is 0 Å². The van der Waals surface area contributed by atoms with Crippen molar-refractivity contribution >= 4 is 28.4 Å². The number of fused-ring (bicyclic) bond motifs is 3. The standard InChI is InChI=1S/C24H24N6O3S/c1-3-32-15-9-14-29-22(31)18-12-7-8-13-19(18)30-23(29)27-28-24(30)34-16(2)20-25-26-21(33-20)17-10-5-4-6-11-17/h4-8,10-13,16H,3,9,14-15H2,1-2H3. The summed E-state index contributed by atoms with van der Waals surface area (Å²) in [5, 5.41) is 18.3. The molecule has 3 heterocycles. The summed E-state index contributed by atoms with van der Waals surface area (Å²) in [6.45, 7) is 5.66. The van der Waals surface area contributed by atoms with E-state index >= 15 is 0 Å². The minimum atomic E-state index is -0.172. The van der Waals surface area contributed by atoms with Crippen molar-refractivity contribution in [1.82, 2.24) is 29.4 Å².